The molecule has 128 valence electrons. The van der Waals surface area contributed by atoms with E-state index in [1.807, 2.05) is 34.6 Å². The van der Waals surface area contributed by atoms with Gasteiger partial charge in [0.2, 0.25) is 5.91 Å². The zero-order valence-corrected chi connectivity index (χ0v) is 14.5. The number of carbonyl (C=O) groups excluding carboxylic acids is 2. The van der Waals surface area contributed by atoms with Gasteiger partial charge in [-0.3, -0.25) is 4.79 Å². The zero-order chi connectivity index (χ0) is 17.0. The molecule has 0 aromatic heterocycles. The van der Waals surface area contributed by atoms with Crippen LogP contribution in [0.15, 0.2) is 0 Å². The Morgan fingerprint density at radius 1 is 1.18 bits per heavy atom. The molecular weight excluding hydrogens is 282 g/mol. The summed E-state index contributed by atoms with van der Waals surface area (Å²) in [6.45, 7) is 10.4. The molecule has 22 heavy (non-hydrogen) atoms. The van der Waals surface area contributed by atoms with Crippen molar-refractivity contribution >= 4 is 12.0 Å². The molecule has 1 fully saturated rings. The Kier molecular flexibility index (Phi) is 6.23. The van der Waals surface area contributed by atoms with Gasteiger partial charge >= 0.3 is 6.09 Å². The zero-order valence-electron chi connectivity index (χ0n) is 14.5. The Bertz CT molecular complexity index is 402. The molecule has 1 aliphatic carbocycles. The lowest BCUT2D eigenvalue weighted by atomic mass is 9.91. The van der Waals surface area contributed by atoms with E-state index >= 15 is 0 Å². The summed E-state index contributed by atoms with van der Waals surface area (Å²) < 4.78 is 5.25. The van der Waals surface area contributed by atoms with Crippen LogP contribution < -0.4 is 16.4 Å². The number of hydrogen-bond donors (Lipinski definition) is 3. The first-order valence-corrected chi connectivity index (χ1v) is 8.01. The fourth-order valence-corrected chi connectivity index (χ4v) is 2.55. The Morgan fingerprint density at radius 2 is 1.82 bits per heavy atom. The topological polar surface area (TPSA) is 93.4 Å². The van der Waals surface area contributed by atoms with E-state index in [0.29, 0.717) is 25.0 Å². The molecule has 6 heteroatoms. The molecule has 1 aliphatic rings. The molecule has 6 nitrogen and oxygen atoms in total. The van der Waals surface area contributed by atoms with Crippen molar-refractivity contribution in [2.75, 3.05) is 13.1 Å². The third-order valence-electron chi connectivity index (χ3n) is 4.04. The van der Waals surface area contributed by atoms with Crippen LogP contribution in [-0.2, 0) is 9.53 Å². The Morgan fingerprint density at radius 3 is 2.36 bits per heavy atom. The summed E-state index contributed by atoms with van der Waals surface area (Å²) in [6, 6.07) is 0.300. The summed E-state index contributed by atoms with van der Waals surface area (Å²) >= 11 is 0. The number of ether oxygens (including phenoxy) is 1. The number of hydrogen-bond acceptors (Lipinski definition) is 4. The number of rotatable bonds is 6. The highest BCUT2D eigenvalue weighted by atomic mass is 16.6. The maximum absolute atomic E-state index is 11.7. The van der Waals surface area contributed by atoms with Gasteiger partial charge < -0.3 is 21.1 Å². The summed E-state index contributed by atoms with van der Waals surface area (Å²) in [7, 11) is 0. The number of nitrogens with one attached hydrogen (secondary N) is 2. The lowest BCUT2D eigenvalue weighted by Gasteiger charge is -2.27. The van der Waals surface area contributed by atoms with Crippen LogP contribution in [0.25, 0.3) is 0 Å². The van der Waals surface area contributed by atoms with Gasteiger partial charge in [0.1, 0.15) is 5.60 Å². The molecule has 4 N–H and O–H groups in total. The van der Waals surface area contributed by atoms with E-state index < -0.39 is 11.0 Å². The first-order valence-electron chi connectivity index (χ1n) is 8.01. The third-order valence-corrected chi connectivity index (χ3v) is 4.04. The second-order valence-corrected chi connectivity index (χ2v) is 7.81. The van der Waals surface area contributed by atoms with Gasteiger partial charge in [0, 0.05) is 19.1 Å². The smallest absolute Gasteiger partial charge is 0.407 e. The van der Waals surface area contributed by atoms with Crippen molar-refractivity contribution in [2.24, 2.45) is 17.1 Å². The van der Waals surface area contributed by atoms with Gasteiger partial charge in [-0.15, -0.1) is 0 Å². The third kappa shape index (κ3) is 6.22. The quantitative estimate of drug-likeness (QED) is 0.697. The molecule has 1 rings (SSSR count). The number of nitrogens with two attached hydrogens (primary N) is 1. The van der Waals surface area contributed by atoms with Crippen molar-refractivity contribution in [1.29, 1.82) is 0 Å². The summed E-state index contributed by atoms with van der Waals surface area (Å²) in [6.07, 6.45) is 2.85. The first-order chi connectivity index (χ1) is 10.0. The van der Waals surface area contributed by atoms with E-state index in [9.17, 15) is 9.59 Å². The SMILES string of the molecule is CC(C)(C)OC(=O)NCC1CCCC1NCC(C)(C)C(N)=O. The van der Waals surface area contributed by atoms with Crippen LogP contribution in [0.4, 0.5) is 4.79 Å². The van der Waals surface area contributed by atoms with Gasteiger partial charge in [-0.25, -0.2) is 4.79 Å². The monoisotopic (exact) mass is 313 g/mol. The van der Waals surface area contributed by atoms with Crippen LogP contribution in [0, 0.1) is 11.3 Å². The van der Waals surface area contributed by atoms with Crippen molar-refractivity contribution in [2.45, 2.75) is 65.5 Å². The van der Waals surface area contributed by atoms with E-state index in [-0.39, 0.29) is 12.0 Å². The predicted octanol–water partition coefficient (Wildman–Crippen LogP) is 1.78. The predicted molar refractivity (Wildman–Crippen MR) is 86.3 cm³/mol. The average molecular weight is 313 g/mol. The van der Waals surface area contributed by atoms with Crippen LogP contribution in [0.5, 0.6) is 0 Å². The maximum atomic E-state index is 11.7. The first kappa shape index (κ1) is 18.7. The highest BCUT2D eigenvalue weighted by molar-refractivity contribution is 5.80. The maximum Gasteiger partial charge on any atom is 0.407 e. The summed E-state index contributed by atoms with van der Waals surface area (Å²) in [5.74, 6) is 0.0534. The lowest BCUT2D eigenvalue weighted by molar-refractivity contribution is -0.125. The van der Waals surface area contributed by atoms with Gasteiger partial charge in [-0.05, 0) is 53.4 Å². The van der Waals surface area contributed by atoms with Gasteiger partial charge in [0.25, 0.3) is 0 Å². The molecule has 0 aromatic rings. The van der Waals surface area contributed by atoms with Crippen LogP contribution in [0.1, 0.15) is 53.9 Å². The Balaban J connectivity index is 2.40. The fourth-order valence-electron chi connectivity index (χ4n) is 2.55. The second kappa shape index (κ2) is 7.31. The molecule has 1 saturated carbocycles. The van der Waals surface area contributed by atoms with Crippen LogP contribution in [0.2, 0.25) is 0 Å². The van der Waals surface area contributed by atoms with E-state index in [1.54, 1.807) is 0 Å². The minimum Gasteiger partial charge on any atom is -0.444 e. The largest absolute Gasteiger partial charge is 0.444 e. The molecule has 2 unspecified atom stereocenters. The molecule has 0 aromatic carbocycles. The lowest BCUT2D eigenvalue weighted by Crippen LogP contribution is -2.46. The van der Waals surface area contributed by atoms with Gasteiger partial charge in [0.15, 0.2) is 0 Å². The van der Waals surface area contributed by atoms with Gasteiger partial charge in [0.05, 0.1) is 5.41 Å². The second-order valence-electron chi connectivity index (χ2n) is 7.81. The van der Waals surface area contributed by atoms with E-state index in [0.717, 1.165) is 19.3 Å². The molecule has 0 radical (unpaired) electrons. The Labute approximate surface area is 133 Å². The number of alkyl carbamates (subject to hydrolysis) is 1. The van der Waals surface area contributed by atoms with E-state index in [1.165, 1.54) is 0 Å². The molecule has 2 amide bonds. The summed E-state index contributed by atoms with van der Waals surface area (Å²) in [4.78, 5) is 23.1. The van der Waals surface area contributed by atoms with Crippen LogP contribution >= 0.6 is 0 Å². The van der Waals surface area contributed by atoms with Crippen molar-refractivity contribution < 1.29 is 14.3 Å². The van der Waals surface area contributed by atoms with Crippen LogP contribution in [-0.4, -0.2) is 36.7 Å². The van der Waals surface area contributed by atoms with Crippen molar-refractivity contribution in [3.63, 3.8) is 0 Å². The number of primary amides is 1. The van der Waals surface area contributed by atoms with E-state index in [2.05, 4.69) is 10.6 Å². The van der Waals surface area contributed by atoms with Crippen molar-refractivity contribution in [3.8, 4) is 0 Å². The summed E-state index contributed by atoms with van der Waals surface area (Å²) in [5.41, 5.74) is 4.35. The minimum absolute atomic E-state index is 0.300. The highest BCUT2D eigenvalue weighted by Crippen LogP contribution is 2.26. The minimum atomic E-state index is -0.564. The number of carbonyl (C=O) groups is 2. The molecule has 0 spiro atoms. The summed E-state index contributed by atoms with van der Waals surface area (Å²) in [5, 5.41) is 6.27. The number of amides is 2. The van der Waals surface area contributed by atoms with Gasteiger partial charge in [-0.2, -0.15) is 0 Å². The van der Waals surface area contributed by atoms with E-state index in [4.69, 9.17) is 10.5 Å². The van der Waals surface area contributed by atoms with Crippen molar-refractivity contribution in [1.82, 2.24) is 10.6 Å². The standard InChI is InChI=1S/C16H31N3O3/c1-15(2,3)22-14(21)18-9-11-7-6-8-12(11)19-10-16(4,5)13(17)20/h11-12,19H,6-10H2,1-5H3,(H2,17,20)(H,18,21). The fraction of sp³-hybridized carbons (Fsp3) is 0.875. The Hall–Kier alpha value is -1.30. The molecule has 2 atom stereocenters. The van der Waals surface area contributed by atoms with Crippen LogP contribution in [0.3, 0.4) is 0 Å². The molecule has 0 bridgehead atoms. The normalized spacial score (nSPS) is 22.4. The molecule has 0 heterocycles. The van der Waals surface area contributed by atoms with Gasteiger partial charge in [-0.1, -0.05) is 6.42 Å². The molecule has 0 saturated heterocycles. The van der Waals surface area contributed by atoms with Crippen molar-refractivity contribution in [3.05, 3.63) is 0 Å². The average Bonchev–Trinajstić information content (AvgIpc) is 2.79. The molecule has 0 aliphatic heterocycles. The highest BCUT2D eigenvalue weighted by Gasteiger charge is 2.31. The molecular formula is C16H31N3O3.